The van der Waals surface area contributed by atoms with Crippen LogP contribution in [0.15, 0.2) is 5.38 Å². The van der Waals surface area contributed by atoms with Crippen molar-refractivity contribution in [2.24, 2.45) is 5.92 Å². The molecule has 0 amide bonds. The Morgan fingerprint density at radius 1 is 1.64 bits per heavy atom. The van der Waals surface area contributed by atoms with Crippen molar-refractivity contribution < 1.29 is 0 Å². The van der Waals surface area contributed by atoms with Gasteiger partial charge in [-0.25, -0.2) is 4.98 Å². The predicted molar refractivity (Wildman–Crippen MR) is 58.0 cm³/mol. The summed E-state index contributed by atoms with van der Waals surface area (Å²) in [7, 11) is 0. The average molecular weight is 209 g/mol. The van der Waals surface area contributed by atoms with E-state index in [-0.39, 0.29) is 0 Å². The lowest BCUT2D eigenvalue weighted by atomic mass is 10.2. The molecule has 0 unspecified atom stereocenters. The second-order valence-electron chi connectivity index (χ2n) is 3.59. The van der Waals surface area contributed by atoms with Gasteiger partial charge in [0.05, 0.1) is 18.2 Å². The van der Waals surface area contributed by atoms with Crippen LogP contribution in [0.25, 0.3) is 0 Å². The van der Waals surface area contributed by atoms with Gasteiger partial charge >= 0.3 is 0 Å². The van der Waals surface area contributed by atoms with E-state index in [4.69, 9.17) is 5.26 Å². The van der Waals surface area contributed by atoms with E-state index in [1.807, 2.05) is 5.38 Å². The minimum absolute atomic E-state index is 0.425. The molecule has 0 fully saturated rings. The fourth-order valence-corrected chi connectivity index (χ4v) is 1.79. The molecule has 3 nitrogen and oxygen atoms in total. The van der Waals surface area contributed by atoms with Crippen molar-refractivity contribution in [3.63, 3.8) is 0 Å². The van der Waals surface area contributed by atoms with E-state index in [0.29, 0.717) is 12.3 Å². The van der Waals surface area contributed by atoms with E-state index in [0.717, 1.165) is 23.8 Å². The van der Waals surface area contributed by atoms with Gasteiger partial charge in [-0.05, 0) is 12.5 Å². The van der Waals surface area contributed by atoms with Crippen LogP contribution in [-0.4, -0.2) is 11.5 Å². The first kappa shape index (κ1) is 11.2. The Morgan fingerprint density at radius 3 is 3.07 bits per heavy atom. The highest BCUT2D eigenvalue weighted by Crippen LogP contribution is 2.09. The van der Waals surface area contributed by atoms with Gasteiger partial charge in [0.15, 0.2) is 0 Å². The van der Waals surface area contributed by atoms with Gasteiger partial charge in [-0.3, -0.25) is 0 Å². The van der Waals surface area contributed by atoms with Crippen molar-refractivity contribution in [1.29, 1.82) is 5.26 Å². The fourth-order valence-electron chi connectivity index (χ4n) is 1.07. The Labute approximate surface area is 88.8 Å². The topological polar surface area (TPSA) is 48.7 Å². The molecular formula is C10H15N3S. The number of hydrogen-bond donors (Lipinski definition) is 1. The van der Waals surface area contributed by atoms with Crippen molar-refractivity contribution >= 4 is 11.3 Å². The zero-order chi connectivity index (χ0) is 10.4. The van der Waals surface area contributed by atoms with Gasteiger partial charge in [0.1, 0.15) is 5.01 Å². The minimum atomic E-state index is 0.425. The summed E-state index contributed by atoms with van der Waals surface area (Å²) in [5.41, 5.74) is 1.04. The Hall–Kier alpha value is -0.920. The summed E-state index contributed by atoms with van der Waals surface area (Å²) in [5.74, 6) is 0.659. The molecule has 14 heavy (non-hydrogen) atoms. The van der Waals surface area contributed by atoms with Crippen molar-refractivity contribution in [2.75, 3.05) is 6.54 Å². The van der Waals surface area contributed by atoms with E-state index in [9.17, 15) is 0 Å². The van der Waals surface area contributed by atoms with Crippen molar-refractivity contribution in [1.82, 2.24) is 10.3 Å². The predicted octanol–water partition coefficient (Wildman–Crippen LogP) is 1.95. The van der Waals surface area contributed by atoms with Crippen LogP contribution < -0.4 is 5.32 Å². The fraction of sp³-hybridized carbons (Fsp3) is 0.600. The normalized spacial score (nSPS) is 10.4. The van der Waals surface area contributed by atoms with Crippen LogP contribution >= 0.6 is 11.3 Å². The van der Waals surface area contributed by atoms with E-state index in [2.05, 4.69) is 30.2 Å². The third-order valence-electron chi connectivity index (χ3n) is 1.69. The first-order valence-electron chi connectivity index (χ1n) is 4.73. The molecule has 4 heteroatoms. The van der Waals surface area contributed by atoms with Crippen molar-refractivity contribution in [2.45, 2.75) is 26.8 Å². The second-order valence-corrected chi connectivity index (χ2v) is 4.53. The van der Waals surface area contributed by atoms with Gasteiger partial charge in [-0.2, -0.15) is 5.26 Å². The quantitative estimate of drug-likeness (QED) is 0.806. The number of nitriles is 1. The highest BCUT2D eigenvalue weighted by Gasteiger charge is 2.01. The zero-order valence-corrected chi connectivity index (χ0v) is 9.40. The van der Waals surface area contributed by atoms with Crippen LogP contribution in [0.4, 0.5) is 0 Å². The number of rotatable bonds is 5. The Balaban J connectivity index is 2.33. The maximum atomic E-state index is 8.48. The molecule has 0 aliphatic rings. The van der Waals surface area contributed by atoms with Crippen LogP contribution in [0.1, 0.15) is 24.5 Å². The van der Waals surface area contributed by atoms with Gasteiger partial charge < -0.3 is 5.32 Å². The lowest BCUT2D eigenvalue weighted by Gasteiger charge is -2.04. The van der Waals surface area contributed by atoms with Crippen molar-refractivity contribution in [3.8, 4) is 6.07 Å². The largest absolute Gasteiger partial charge is 0.311 e. The molecule has 0 aliphatic heterocycles. The standard InChI is InChI=1S/C10H15N3S/c1-8(2)5-12-6-9-7-14-10(13-9)3-4-11/h7-8,12H,3,5-6H2,1-2H3. The third kappa shape index (κ3) is 3.86. The Bertz CT molecular complexity index is 311. The summed E-state index contributed by atoms with van der Waals surface area (Å²) in [5, 5.41) is 14.7. The summed E-state index contributed by atoms with van der Waals surface area (Å²) in [6.45, 7) is 6.16. The summed E-state index contributed by atoms with van der Waals surface area (Å²) in [6, 6.07) is 2.10. The first-order chi connectivity index (χ1) is 6.72. The molecule has 0 radical (unpaired) electrons. The summed E-state index contributed by atoms with van der Waals surface area (Å²) in [4.78, 5) is 4.33. The highest BCUT2D eigenvalue weighted by atomic mass is 32.1. The number of nitrogens with zero attached hydrogens (tertiary/aromatic N) is 2. The van der Waals surface area contributed by atoms with Crippen LogP contribution in [-0.2, 0) is 13.0 Å². The molecule has 0 saturated carbocycles. The van der Waals surface area contributed by atoms with Crippen LogP contribution in [0.5, 0.6) is 0 Å². The third-order valence-corrected chi connectivity index (χ3v) is 2.59. The maximum Gasteiger partial charge on any atom is 0.107 e. The minimum Gasteiger partial charge on any atom is -0.311 e. The van der Waals surface area contributed by atoms with Gasteiger partial charge in [0.25, 0.3) is 0 Å². The number of aromatic nitrogens is 1. The lowest BCUT2D eigenvalue weighted by Crippen LogP contribution is -2.19. The molecule has 1 heterocycles. The van der Waals surface area contributed by atoms with Crippen LogP contribution in [0.3, 0.4) is 0 Å². The highest BCUT2D eigenvalue weighted by molar-refractivity contribution is 7.09. The SMILES string of the molecule is CC(C)CNCc1csc(CC#N)n1. The first-order valence-corrected chi connectivity index (χ1v) is 5.61. The Morgan fingerprint density at radius 2 is 2.43 bits per heavy atom. The van der Waals surface area contributed by atoms with E-state index in [1.165, 1.54) is 0 Å². The molecule has 1 rings (SSSR count). The van der Waals surface area contributed by atoms with E-state index < -0.39 is 0 Å². The molecule has 0 aromatic carbocycles. The molecule has 0 saturated heterocycles. The monoisotopic (exact) mass is 209 g/mol. The molecule has 1 aromatic heterocycles. The van der Waals surface area contributed by atoms with Gasteiger partial charge in [-0.1, -0.05) is 13.8 Å². The maximum absolute atomic E-state index is 8.48. The number of thiazole rings is 1. The second kappa shape index (κ2) is 5.74. The molecular weight excluding hydrogens is 194 g/mol. The van der Waals surface area contributed by atoms with E-state index in [1.54, 1.807) is 11.3 Å². The number of hydrogen-bond acceptors (Lipinski definition) is 4. The van der Waals surface area contributed by atoms with Crippen LogP contribution in [0.2, 0.25) is 0 Å². The molecule has 0 spiro atoms. The Kier molecular flexibility index (Phi) is 4.57. The van der Waals surface area contributed by atoms with Crippen molar-refractivity contribution in [3.05, 3.63) is 16.1 Å². The molecule has 0 bridgehead atoms. The summed E-state index contributed by atoms with van der Waals surface area (Å²) in [6.07, 6.45) is 0.425. The van der Waals surface area contributed by atoms with Gasteiger partial charge in [-0.15, -0.1) is 11.3 Å². The van der Waals surface area contributed by atoms with Gasteiger partial charge in [0, 0.05) is 11.9 Å². The smallest absolute Gasteiger partial charge is 0.107 e. The molecule has 0 aliphatic carbocycles. The molecule has 1 aromatic rings. The van der Waals surface area contributed by atoms with E-state index >= 15 is 0 Å². The lowest BCUT2D eigenvalue weighted by molar-refractivity contribution is 0.549. The van der Waals surface area contributed by atoms with Crippen LogP contribution in [0, 0.1) is 17.2 Å². The molecule has 0 atom stereocenters. The molecule has 1 N–H and O–H groups in total. The number of nitrogens with one attached hydrogen (secondary N) is 1. The average Bonchev–Trinajstić information content (AvgIpc) is 2.53. The summed E-state index contributed by atoms with van der Waals surface area (Å²) < 4.78 is 0. The summed E-state index contributed by atoms with van der Waals surface area (Å²) >= 11 is 1.56. The molecule has 76 valence electrons. The zero-order valence-electron chi connectivity index (χ0n) is 8.58. The van der Waals surface area contributed by atoms with Gasteiger partial charge in [0.2, 0.25) is 0 Å².